The average molecular weight is 252 g/mol. The zero-order valence-electron chi connectivity index (χ0n) is 5.62. The molecule has 1 rings (SSSR count). The number of hydrogen-bond donors (Lipinski definition) is 1. The Morgan fingerprint density at radius 2 is 2.33 bits per heavy atom. The number of halogens is 2. The maximum absolute atomic E-state index is 10.4. The van der Waals surface area contributed by atoms with E-state index >= 15 is 0 Å². The molecule has 0 aliphatic heterocycles. The van der Waals surface area contributed by atoms with E-state index in [0.29, 0.717) is 0 Å². The lowest BCUT2D eigenvalue weighted by atomic mass is 10.4. The van der Waals surface area contributed by atoms with Gasteiger partial charge < -0.3 is 5.73 Å². The Morgan fingerprint density at radius 1 is 1.75 bits per heavy atom. The van der Waals surface area contributed by atoms with Crippen molar-refractivity contribution in [2.24, 2.45) is 0 Å². The molecule has 5 nitrogen and oxygen atoms in total. The molecule has 0 atom stereocenters. The van der Waals surface area contributed by atoms with Gasteiger partial charge in [0.25, 0.3) is 0 Å². The van der Waals surface area contributed by atoms with Crippen LogP contribution >= 0.6 is 27.5 Å². The van der Waals surface area contributed by atoms with E-state index in [-0.39, 0.29) is 21.1 Å². The molecule has 0 spiro atoms. The summed E-state index contributed by atoms with van der Waals surface area (Å²) in [5.41, 5.74) is 5.06. The molecule has 0 saturated carbocycles. The van der Waals surface area contributed by atoms with Gasteiger partial charge in [-0.25, -0.2) is 4.98 Å². The lowest BCUT2D eigenvalue weighted by Gasteiger charge is -1.98. The van der Waals surface area contributed by atoms with Crippen LogP contribution < -0.4 is 5.73 Å². The quantitative estimate of drug-likeness (QED) is 0.471. The molecule has 0 saturated heterocycles. The number of rotatable bonds is 1. The van der Waals surface area contributed by atoms with E-state index in [0.717, 1.165) is 0 Å². The molecule has 0 amide bonds. The van der Waals surface area contributed by atoms with Crippen molar-refractivity contribution in [3.05, 3.63) is 25.9 Å². The zero-order valence-corrected chi connectivity index (χ0v) is 7.96. The molecular formula is C5H3BrClN3O2. The molecule has 1 aromatic heterocycles. The van der Waals surface area contributed by atoms with Crippen LogP contribution in [-0.4, -0.2) is 9.91 Å². The number of nitrogens with two attached hydrogens (primary N) is 1. The number of hydrogen-bond acceptors (Lipinski definition) is 4. The Balaban J connectivity index is 3.38. The van der Waals surface area contributed by atoms with Crippen LogP contribution in [-0.2, 0) is 0 Å². The average Bonchev–Trinajstić information content (AvgIpc) is 1.82. The SMILES string of the molecule is Nc1cc(Cl)nc(Br)c1[N+](=O)[O-]. The van der Waals surface area contributed by atoms with Crippen LogP contribution in [0.3, 0.4) is 0 Å². The lowest BCUT2D eigenvalue weighted by Crippen LogP contribution is -1.98. The van der Waals surface area contributed by atoms with Crippen LogP contribution in [0.1, 0.15) is 0 Å². The second kappa shape index (κ2) is 3.24. The van der Waals surface area contributed by atoms with E-state index in [2.05, 4.69) is 20.9 Å². The Morgan fingerprint density at radius 3 is 2.75 bits per heavy atom. The molecule has 1 heterocycles. The van der Waals surface area contributed by atoms with E-state index in [1.54, 1.807) is 0 Å². The number of anilines is 1. The highest BCUT2D eigenvalue weighted by Crippen LogP contribution is 2.30. The minimum atomic E-state index is -0.622. The fourth-order valence-corrected chi connectivity index (χ4v) is 1.54. The predicted molar refractivity (Wildman–Crippen MR) is 48.0 cm³/mol. The second-order valence-corrected chi connectivity index (χ2v) is 3.07. The van der Waals surface area contributed by atoms with Gasteiger partial charge in [-0.1, -0.05) is 11.6 Å². The van der Waals surface area contributed by atoms with Crippen LogP contribution in [0.15, 0.2) is 10.7 Å². The van der Waals surface area contributed by atoms with Gasteiger partial charge in [0.2, 0.25) is 0 Å². The summed E-state index contributed by atoms with van der Waals surface area (Å²) in [6, 6.07) is 1.23. The Hall–Kier alpha value is -0.880. The van der Waals surface area contributed by atoms with E-state index in [1.807, 2.05) is 0 Å². The third-order valence-electron chi connectivity index (χ3n) is 1.13. The molecule has 0 fully saturated rings. The van der Waals surface area contributed by atoms with Crippen LogP contribution in [0.25, 0.3) is 0 Å². The van der Waals surface area contributed by atoms with E-state index in [1.165, 1.54) is 6.07 Å². The predicted octanol–water partition coefficient (Wildman–Crippen LogP) is 1.99. The third-order valence-corrected chi connectivity index (χ3v) is 1.88. The summed E-state index contributed by atoms with van der Waals surface area (Å²) in [7, 11) is 0. The third kappa shape index (κ3) is 1.64. The van der Waals surface area contributed by atoms with Crippen LogP contribution in [0, 0.1) is 10.1 Å². The van der Waals surface area contributed by atoms with Crippen molar-refractivity contribution >= 4 is 38.9 Å². The Labute approximate surface area is 80.8 Å². The van der Waals surface area contributed by atoms with Gasteiger partial charge in [-0.2, -0.15) is 0 Å². The molecular weight excluding hydrogens is 249 g/mol. The van der Waals surface area contributed by atoms with Crippen molar-refractivity contribution in [1.82, 2.24) is 4.98 Å². The highest BCUT2D eigenvalue weighted by Gasteiger charge is 2.18. The summed E-state index contributed by atoms with van der Waals surface area (Å²) in [6.45, 7) is 0. The van der Waals surface area contributed by atoms with Crippen LogP contribution in [0.2, 0.25) is 5.15 Å². The maximum atomic E-state index is 10.4. The van der Waals surface area contributed by atoms with Crippen molar-refractivity contribution in [3.63, 3.8) is 0 Å². The van der Waals surface area contributed by atoms with Crippen molar-refractivity contribution in [2.45, 2.75) is 0 Å². The lowest BCUT2D eigenvalue weighted by molar-refractivity contribution is -0.385. The normalized spacial score (nSPS) is 9.83. The van der Waals surface area contributed by atoms with Crippen molar-refractivity contribution in [2.75, 3.05) is 5.73 Å². The molecule has 0 aromatic carbocycles. The van der Waals surface area contributed by atoms with Crippen molar-refractivity contribution < 1.29 is 4.92 Å². The monoisotopic (exact) mass is 251 g/mol. The summed E-state index contributed by atoms with van der Waals surface area (Å²) in [5.74, 6) is 0. The van der Waals surface area contributed by atoms with Crippen molar-refractivity contribution in [3.8, 4) is 0 Å². The largest absolute Gasteiger partial charge is 0.393 e. The highest BCUT2D eigenvalue weighted by atomic mass is 79.9. The number of pyridine rings is 1. The molecule has 0 aliphatic rings. The van der Waals surface area contributed by atoms with Gasteiger partial charge in [0.1, 0.15) is 10.8 Å². The number of nitrogens with zero attached hydrogens (tertiary/aromatic N) is 2. The molecule has 2 N–H and O–H groups in total. The summed E-state index contributed by atoms with van der Waals surface area (Å²) < 4.78 is 0.0394. The number of nitrogen functional groups attached to an aromatic ring is 1. The summed E-state index contributed by atoms with van der Waals surface area (Å²) in [5, 5.41) is 10.5. The topological polar surface area (TPSA) is 82.0 Å². The molecule has 0 aliphatic carbocycles. The van der Waals surface area contributed by atoms with E-state index < -0.39 is 4.92 Å². The zero-order chi connectivity index (χ0) is 9.30. The van der Waals surface area contributed by atoms with Gasteiger partial charge in [-0.3, -0.25) is 10.1 Å². The first-order chi connectivity index (χ1) is 5.52. The van der Waals surface area contributed by atoms with E-state index in [4.69, 9.17) is 17.3 Å². The van der Waals surface area contributed by atoms with Gasteiger partial charge >= 0.3 is 5.69 Å². The van der Waals surface area contributed by atoms with Crippen LogP contribution in [0.5, 0.6) is 0 Å². The fourth-order valence-electron chi connectivity index (χ4n) is 0.676. The van der Waals surface area contributed by atoms with Gasteiger partial charge in [-0.05, 0) is 15.9 Å². The molecule has 7 heteroatoms. The molecule has 1 aromatic rings. The van der Waals surface area contributed by atoms with Gasteiger partial charge in [0.05, 0.1) is 4.92 Å². The summed E-state index contributed by atoms with van der Waals surface area (Å²) >= 11 is 8.36. The summed E-state index contributed by atoms with van der Waals surface area (Å²) in [4.78, 5) is 13.4. The molecule has 12 heavy (non-hydrogen) atoms. The Kier molecular flexibility index (Phi) is 2.49. The smallest absolute Gasteiger partial charge is 0.324 e. The summed E-state index contributed by atoms with van der Waals surface area (Å²) in [6.07, 6.45) is 0. The minimum Gasteiger partial charge on any atom is -0.393 e. The van der Waals surface area contributed by atoms with Gasteiger partial charge in [0.15, 0.2) is 4.60 Å². The first-order valence-corrected chi connectivity index (χ1v) is 3.95. The second-order valence-electron chi connectivity index (χ2n) is 1.93. The Bertz CT molecular complexity index is 320. The maximum Gasteiger partial charge on any atom is 0.324 e. The van der Waals surface area contributed by atoms with E-state index in [9.17, 15) is 10.1 Å². The van der Waals surface area contributed by atoms with Crippen molar-refractivity contribution in [1.29, 1.82) is 0 Å². The molecule has 0 unspecified atom stereocenters. The first-order valence-electron chi connectivity index (χ1n) is 2.78. The van der Waals surface area contributed by atoms with Crippen LogP contribution in [0.4, 0.5) is 11.4 Å². The fraction of sp³-hybridized carbons (Fsp3) is 0. The number of nitro groups is 1. The minimum absolute atomic E-state index is 0.00752. The molecule has 0 bridgehead atoms. The standard InChI is InChI=1S/C5H3BrClN3O2/c6-5-4(10(11)12)2(8)1-3(7)9-5/h1H,(H2,8,9). The highest BCUT2D eigenvalue weighted by molar-refractivity contribution is 9.10. The molecule has 0 radical (unpaired) electrons. The van der Waals surface area contributed by atoms with Gasteiger partial charge in [0, 0.05) is 6.07 Å². The number of aromatic nitrogens is 1. The van der Waals surface area contributed by atoms with Gasteiger partial charge in [-0.15, -0.1) is 0 Å². The molecule has 64 valence electrons. The first kappa shape index (κ1) is 9.21.